The van der Waals surface area contributed by atoms with Crippen LogP contribution in [0.25, 0.3) is 0 Å². The summed E-state index contributed by atoms with van der Waals surface area (Å²) in [5.41, 5.74) is 3.41. The van der Waals surface area contributed by atoms with Crippen molar-refractivity contribution in [3.8, 4) is 0 Å². The molecule has 0 radical (unpaired) electrons. The maximum absolute atomic E-state index is 9.64. The molecule has 0 aliphatic heterocycles. The van der Waals surface area contributed by atoms with E-state index in [0.717, 1.165) is 34.3 Å². The lowest BCUT2D eigenvalue weighted by Gasteiger charge is -2.15. The van der Waals surface area contributed by atoms with Crippen molar-refractivity contribution in [1.29, 1.82) is 0 Å². The zero-order chi connectivity index (χ0) is 13.8. The van der Waals surface area contributed by atoms with Gasteiger partial charge in [-0.2, -0.15) is 5.10 Å². The van der Waals surface area contributed by atoms with Gasteiger partial charge in [-0.3, -0.25) is 4.68 Å². The number of hydrogen-bond acceptors (Lipinski definition) is 2. The average Bonchev–Trinajstić information content (AvgIpc) is 2.76. The van der Waals surface area contributed by atoms with Gasteiger partial charge >= 0.3 is 0 Å². The van der Waals surface area contributed by atoms with Crippen LogP contribution >= 0.6 is 15.9 Å². The second-order valence-corrected chi connectivity index (χ2v) is 5.66. The van der Waals surface area contributed by atoms with Crippen LogP contribution in [0.4, 0.5) is 0 Å². The molecule has 1 aromatic heterocycles. The maximum Gasteiger partial charge on any atom is 0.0624 e. The first kappa shape index (κ1) is 14.3. The fourth-order valence-corrected chi connectivity index (χ4v) is 2.65. The van der Waals surface area contributed by atoms with E-state index in [9.17, 15) is 5.11 Å². The molecular formula is C15H19BrN2O. The SMILES string of the molecule is CCc1cc(CC(CO)c2cccc(Br)c2)n(C)n1. The average molecular weight is 323 g/mol. The fourth-order valence-electron chi connectivity index (χ4n) is 2.24. The van der Waals surface area contributed by atoms with E-state index in [4.69, 9.17) is 0 Å². The van der Waals surface area contributed by atoms with E-state index in [1.807, 2.05) is 23.9 Å². The minimum Gasteiger partial charge on any atom is -0.396 e. The molecule has 2 aromatic rings. The Morgan fingerprint density at radius 1 is 1.37 bits per heavy atom. The number of aromatic nitrogens is 2. The number of rotatable bonds is 5. The van der Waals surface area contributed by atoms with Gasteiger partial charge < -0.3 is 5.11 Å². The molecule has 1 aromatic carbocycles. The van der Waals surface area contributed by atoms with E-state index in [1.165, 1.54) is 0 Å². The molecular weight excluding hydrogens is 304 g/mol. The summed E-state index contributed by atoms with van der Waals surface area (Å²) in [5.74, 6) is 0.109. The van der Waals surface area contributed by atoms with E-state index in [1.54, 1.807) is 0 Å². The monoisotopic (exact) mass is 322 g/mol. The van der Waals surface area contributed by atoms with Gasteiger partial charge in [0, 0.05) is 23.1 Å². The zero-order valence-corrected chi connectivity index (χ0v) is 12.9. The van der Waals surface area contributed by atoms with Crippen LogP contribution < -0.4 is 0 Å². The molecule has 1 N–H and O–H groups in total. The highest BCUT2D eigenvalue weighted by atomic mass is 79.9. The Morgan fingerprint density at radius 2 is 2.16 bits per heavy atom. The molecule has 1 unspecified atom stereocenters. The zero-order valence-electron chi connectivity index (χ0n) is 11.3. The number of benzene rings is 1. The molecule has 0 aliphatic rings. The van der Waals surface area contributed by atoms with Crippen LogP contribution in [0.5, 0.6) is 0 Å². The molecule has 1 atom stereocenters. The predicted octanol–water partition coefficient (Wildman–Crippen LogP) is 3.06. The lowest BCUT2D eigenvalue weighted by molar-refractivity contribution is 0.263. The van der Waals surface area contributed by atoms with Crippen molar-refractivity contribution in [1.82, 2.24) is 9.78 Å². The molecule has 1 heterocycles. The second-order valence-electron chi connectivity index (χ2n) is 4.74. The van der Waals surface area contributed by atoms with Gasteiger partial charge in [-0.15, -0.1) is 0 Å². The Hall–Kier alpha value is -1.13. The molecule has 0 spiro atoms. The van der Waals surface area contributed by atoms with Crippen molar-refractivity contribution in [2.75, 3.05) is 6.61 Å². The molecule has 3 nitrogen and oxygen atoms in total. The fraction of sp³-hybridized carbons (Fsp3) is 0.400. The molecule has 2 rings (SSSR count). The van der Waals surface area contributed by atoms with Gasteiger partial charge in [0.25, 0.3) is 0 Å². The normalized spacial score (nSPS) is 12.6. The molecule has 19 heavy (non-hydrogen) atoms. The number of aryl methyl sites for hydroxylation is 2. The molecule has 0 fully saturated rings. The van der Waals surface area contributed by atoms with Crippen molar-refractivity contribution in [3.05, 3.63) is 51.8 Å². The summed E-state index contributed by atoms with van der Waals surface area (Å²) >= 11 is 3.48. The highest BCUT2D eigenvalue weighted by Gasteiger charge is 2.14. The third-order valence-corrected chi connectivity index (χ3v) is 3.88. The third kappa shape index (κ3) is 3.45. The summed E-state index contributed by atoms with van der Waals surface area (Å²) in [6, 6.07) is 10.3. The van der Waals surface area contributed by atoms with Gasteiger partial charge in [-0.1, -0.05) is 35.0 Å². The van der Waals surface area contributed by atoms with Crippen LogP contribution in [-0.2, 0) is 19.9 Å². The summed E-state index contributed by atoms with van der Waals surface area (Å²) in [6.45, 7) is 2.24. The Balaban J connectivity index is 2.21. The summed E-state index contributed by atoms with van der Waals surface area (Å²) < 4.78 is 2.96. The Bertz CT molecular complexity index is 551. The number of hydrogen-bond donors (Lipinski definition) is 1. The van der Waals surface area contributed by atoms with Crippen LogP contribution in [0.15, 0.2) is 34.8 Å². The number of aliphatic hydroxyl groups is 1. The highest BCUT2D eigenvalue weighted by molar-refractivity contribution is 9.10. The summed E-state index contributed by atoms with van der Waals surface area (Å²) in [7, 11) is 1.96. The smallest absolute Gasteiger partial charge is 0.0624 e. The summed E-state index contributed by atoms with van der Waals surface area (Å²) in [4.78, 5) is 0. The second kappa shape index (κ2) is 6.35. The molecule has 0 saturated heterocycles. The van der Waals surface area contributed by atoms with Crippen molar-refractivity contribution < 1.29 is 5.11 Å². The first-order valence-electron chi connectivity index (χ1n) is 6.52. The van der Waals surface area contributed by atoms with Crippen molar-refractivity contribution in [2.45, 2.75) is 25.7 Å². The van der Waals surface area contributed by atoms with Gasteiger partial charge in [0.15, 0.2) is 0 Å². The molecule has 0 bridgehead atoms. The molecule has 102 valence electrons. The summed E-state index contributed by atoms with van der Waals surface area (Å²) in [6.07, 6.45) is 1.74. The lowest BCUT2D eigenvalue weighted by atomic mass is 9.95. The third-order valence-electron chi connectivity index (χ3n) is 3.39. The van der Waals surface area contributed by atoms with E-state index in [0.29, 0.717) is 0 Å². The Kier molecular flexibility index (Phi) is 4.77. The number of nitrogens with zero attached hydrogens (tertiary/aromatic N) is 2. The topological polar surface area (TPSA) is 38.0 Å². The van der Waals surface area contributed by atoms with Crippen molar-refractivity contribution >= 4 is 15.9 Å². The standard InChI is InChI=1S/C15H19BrN2O/c1-3-14-9-15(18(2)17-14)8-12(10-19)11-5-4-6-13(16)7-11/h4-7,9,12,19H,3,8,10H2,1-2H3. The Labute approximate surface area is 122 Å². The number of aliphatic hydroxyl groups excluding tert-OH is 1. The van der Waals surface area contributed by atoms with Crippen LogP contribution in [-0.4, -0.2) is 21.5 Å². The van der Waals surface area contributed by atoms with Crippen LogP contribution in [0.3, 0.4) is 0 Å². The van der Waals surface area contributed by atoms with Gasteiger partial charge in [0.1, 0.15) is 0 Å². The lowest BCUT2D eigenvalue weighted by Crippen LogP contribution is -2.10. The van der Waals surface area contributed by atoms with Crippen LogP contribution in [0.1, 0.15) is 29.8 Å². The van der Waals surface area contributed by atoms with Gasteiger partial charge in [-0.05, 0) is 36.6 Å². The van der Waals surface area contributed by atoms with Gasteiger partial charge in [0.05, 0.1) is 12.3 Å². The largest absolute Gasteiger partial charge is 0.396 e. The predicted molar refractivity (Wildman–Crippen MR) is 80.3 cm³/mol. The first-order valence-corrected chi connectivity index (χ1v) is 7.31. The molecule has 4 heteroatoms. The minimum absolute atomic E-state index is 0.109. The van der Waals surface area contributed by atoms with Crippen molar-refractivity contribution in [3.63, 3.8) is 0 Å². The number of halogens is 1. The van der Waals surface area contributed by atoms with Crippen LogP contribution in [0.2, 0.25) is 0 Å². The minimum atomic E-state index is 0.109. The van der Waals surface area contributed by atoms with E-state index < -0.39 is 0 Å². The quantitative estimate of drug-likeness (QED) is 0.918. The van der Waals surface area contributed by atoms with Gasteiger partial charge in [-0.25, -0.2) is 0 Å². The molecule has 0 saturated carbocycles. The Morgan fingerprint density at radius 3 is 2.74 bits per heavy atom. The van der Waals surface area contributed by atoms with E-state index >= 15 is 0 Å². The van der Waals surface area contributed by atoms with Crippen molar-refractivity contribution in [2.24, 2.45) is 7.05 Å². The molecule has 0 aliphatic carbocycles. The van der Waals surface area contributed by atoms with Gasteiger partial charge in [0.2, 0.25) is 0 Å². The van der Waals surface area contributed by atoms with E-state index in [-0.39, 0.29) is 12.5 Å². The first-order chi connectivity index (χ1) is 9.13. The van der Waals surface area contributed by atoms with E-state index in [2.05, 4.69) is 46.2 Å². The maximum atomic E-state index is 9.64. The highest BCUT2D eigenvalue weighted by Crippen LogP contribution is 2.23. The summed E-state index contributed by atoms with van der Waals surface area (Å²) in [5, 5.41) is 14.1. The molecule has 0 amide bonds. The van der Waals surface area contributed by atoms with Crippen LogP contribution in [0, 0.1) is 0 Å².